The molecule has 0 saturated carbocycles. The SMILES string of the molecule is CS(=O)(=O)N[C@@H]1c2cccc3cccc(c23)[C@H]1[NH+]1CCCCC1. The average molecular weight is 331 g/mol. The Labute approximate surface area is 137 Å². The van der Waals surface area contributed by atoms with E-state index in [0.29, 0.717) is 0 Å². The van der Waals surface area contributed by atoms with Gasteiger partial charge in [-0.15, -0.1) is 0 Å². The van der Waals surface area contributed by atoms with Crippen molar-refractivity contribution in [2.75, 3.05) is 19.3 Å². The van der Waals surface area contributed by atoms with Crippen LogP contribution < -0.4 is 9.62 Å². The van der Waals surface area contributed by atoms with Crippen molar-refractivity contribution in [1.29, 1.82) is 0 Å². The monoisotopic (exact) mass is 331 g/mol. The zero-order valence-electron chi connectivity index (χ0n) is 13.4. The zero-order valence-corrected chi connectivity index (χ0v) is 14.2. The fourth-order valence-corrected chi connectivity index (χ4v) is 5.14. The van der Waals surface area contributed by atoms with E-state index in [1.54, 1.807) is 0 Å². The molecule has 0 bridgehead atoms. The maximum Gasteiger partial charge on any atom is 0.209 e. The van der Waals surface area contributed by atoms with E-state index in [2.05, 4.69) is 35.1 Å². The van der Waals surface area contributed by atoms with Gasteiger partial charge in [0.25, 0.3) is 0 Å². The smallest absolute Gasteiger partial charge is 0.209 e. The number of hydrogen-bond acceptors (Lipinski definition) is 2. The standard InChI is InChI=1S/C18H22N2O2S/c1-23(21,22)19-17-14-9-5-7-13-8-6-10-15(16(13)14)18(17)20-11-3-2-4-12-20/h5-10,17-19H,2-4,11-12H2,1H3/p+1/t17-,18-/m1/s1. The molecule has 2 N–H and O–H groups in total. The van der Waals surface area contributed by atoms with Crippen LogP contribution in [0, 0.1) is 0 Å². The Morgan fingerprint density at radius 2 is 1.65 bits per heavy atom. The first-order chi connectivity index (χ1) is 11.0. The highest BCUT2D eigenvalue weighted by Crippen LogP contribution is 2.42. The highest BCUT2D eigenvalue weighted by atomic mass is 32.2. The zero-order chi connectivity index (χ0) is 16.0. The molecule has 4 rings (SSSR count). The first-order valence-corrected chi connectivity index (χ1v) is 10.3. The molecule has 5 heteroatoms. The van der Waals surface area contributed by atoms with E-state index in [0.717, 1.165) is 18.7 Å². The molecule has 2 aromatic rings. The van der Waals surface area contributed by atoms with Crippen LogP contribution in [0.5, 0.6) is 0 Å². The molecule has 122 valence electrons. The lowest BCUT2D eigenvalue weighted by atomic mass is 10.0. The molecule has 23 heavy (non-hydrogen) atoms. The van der Waals surface area contributed by atoms with Crippen LogP contribution in [0.25, 0.3) is 10.8 Å². The summed E-state index contributed by atoms with van der Waals surface area (Å²) in [5.74, 6) is 0. The summed E-state index contributed by atoms with van der Waals surface area (Å²) in [5, 5.41) is 2.46. The Morgan fingerprint density at radius 1 is 1.00 bits per heavy atom. The van der Waals surface area contributed by atoms with Gasteiger partial charge in [0.2, 0.25) is 10.0 Å². The van der Waals surface area contributed by atoms with Gasteiger partial charge in [-0.2, -0.15) is 0 Å². The normalized spacial score (nSPS) is 25.1. The second kappa shape index (κ2) is 5.58. The second-order valence-electron chi connectivity index (χ2n) is 6.86. The summed E-state index contributed by atoms with van der Waals surface area (Å²) in [5.41, 5.74) is 2.43. The van der Waals surface area contributed by atoms with Crippen molar-refractivity contribution >= 4 is 20.8 Å². The van der Waals surface area contributed by atoms with Gasteiger partial charge in [0.1, 0.15) is 12.1 Å². The highest BCUT2D eigenvalue weighted by Gasteiger charge is 2.42. The molecule has 4 nitrogen and oxygen atoms in total. The van der Waals surface area contributed by atoms with Gasteiger partial charge in [-0.1, -0.05) is 36.4 Å². The van der Waals surface area contributed by atoms with Crippen LogP contribution in [0.3, 0.4) is 0 Å². The molecule has 0 amide bonds. The summed E-state index contributed by atoms with van der Waals surface area (Å²) in [6.45, 7) is 2.24. The molecule has 2 aromatic carbocycles. The highest BCUT2D eigenvalue weighted by molar-refractivity contribution is 7.88. The van der Waals surface area contributed by atoms with Crippen molar-refractivity contribution in [2.24, 2.45) is 0 Å². The van der Waals surface area contributed by atoms with Gasteiger partial charge >= 0.3 is 0 Å². The number of hydrogen-bond donors (Lipinski definition) is 2. The van der Waals surface area contributed by atoms with Crippen LogP contribution in [0.1, 0.15) is 42.5 Å². The van der Waals surface area contributed by atoms with Crippen molar-refractivity contribution in [2.45, 2.75) is 31.3 Å². The molecule has 1 aliphatic carbocycles. The Bertz CT molecular complexity index is 836. The van der Waals surface area contributed by atoms with Crippen LogP contribution in [0.4, 0.5) is 0 Å². The van der Waals surface area contributed by atoms with Crippen LogP contribution in [-0.4, -0.2) is 27.8 Å². The third kappa shape index (κ3) is 2.67. The van der Waals surface area contributed by atoms with Gasteiger partial charge in [0, 0.05) is 5.56 Å². The van der Waals surface area contributed by atoms with Crippen molar-refractivity contribution in [3.63, 3.8) is 0 Å². The minimum atomic E-state index is -3.26. The largest absolute Gasteiger partial charge is 0.327 e. The molecule has 2 atom stereocenters. The first kappa shape index (κ1) is 15.1. The molecule has 2 aliphatic rings. The molecular formula is C18H23N2O2S+. The van der Waals surface area contributed by atoms with E-state index < -0.39 is 10.0 Å². The van der Waals surface area contributed by atoms with Crippen LogP contribution in [-0.2, 0) is 10.0 Å². The van der Waals surface area contributed by atoms with Crippen molar-refractivity contribution < 1.29 is 13.3 Å². The van der Waals surface area contributed by atoms with Gasteiger partial charge in [-0.05, 0) is 35.6 Å². The maximum absolute atomic E-state index is 12.0. The maximum atomic E-state index is 12.0. The predicted octanol–water partition coefficient (Wildman–Crippen LogP) is 1.55. The van der Waals surface area contributed by atoms with Crippen molar-refractivity contribution in [3.8, 4) is 0 Å². The summed E-state index contributed by atoms with van der Waals surface area (Å²) in [6.07, 6.45) is 5.00. The quantitative estimate of drug-likeness (QED) is 0.897. The van der Waals surface area contributed by atoms with Crippen molar-refractivity contribution in [3.05, 3.63) is 47.5 Å². The molecule has 1 heterocycles. The van der Waals surface area contributed by atoms with Gasteiger partial charge in [-0.3, -0.25) is 0 Å². The van der Waals surface area contributed by atoms with E-state index in [-0.39, 0.29) is 12.1 Å². The summed E-state index contributed by atoms with van der Waals surface area (Å²) in [6, 6.07) is 12.7. The Kier molecular flexibility index (Phi) is 3.67. The minimum absolute atomic E-state index is 0.154. The minimum Gasteiger partial charge on any atom is -0.327 e. The molecule has 1 aliphatic heterocycles. The topological polar surface area (TPSA) is 50.6 Å². The third-order valence-corrected chi connectivity index (χ3v) is 5.93. The Morgan fingerprint density at radius 3 is 2.30 bits per heavy atom. The van der Waals surface area contributed by atoms with Gasteiger partial charge in [-0.25, -0.2) is 13.1 Å². The number of likely N-dealkylation sites (tertiary alicyclic amines) is 1. The van der Waals surface area contributed by atoms with Gasteiger partial charge < -0.3 is 4.90 Å². The lowest BCUT2D eigenvalue weighted by Crippen LogP contribution is -3.13. The first-order valence-electron chi connectivity index (χ1n) is 8.38. The molecular weight excluding hydrogens is 308 g/mol. The number of quaternary nitrogens is 1. The number of rotatable bonds is 3. The summed E-state index contributed by atoms with van der Waals surface area (Å²) >= 11 is 0. The second-order valence-corrected chi connectivity index (χ2v) is 8.64. The Balaban J connectivity index is 1.87. The van der Waals surface area contributed by atoms with E-state index in [1.807, 2.05) is 6.07 Å². The molecule has 0 spiro atoms. The molecule has 0 radical (unpaired) electrons. The number of sulfonamides is 1. The fourth-order valence-electron chi connectivity index (χ4n) is 4.41. The number of benzene rings is 2. The summed E-state index contributed by atoms with van der Waals surface area (Å²) < 4.78 is 26.9. The van der Waals surface area contributed by atoms with E-state index >= 15 is 0 Å². The molecule has 0 aromatic heterocycles. The summed E-state index contributed by atoms with van der Waals surface area (Å²) in [4.78, 5) is 1.51. The molecule has 1 saturated heterocycles. The lowest BCUT2D eigenvalue weighted by Gasteiger charge is -2.33. The fraction of sp³-hybridized carbons (Fsp3) is 0.444. The predicted molar refractivity (Wildman–Crippen MR) is 92.0 cm³/mol. The van der Waals surface area contributed by atoms with Crippen LogP contribution in [0.15, 0.2) is 36.4 Å². The van der Waals surface area contributed by atoms with Gasteiger partial charge in [0.05, 0.1) is 19.3 Å². The number of piperidine rings is 1. The average Bonchev–Trinajstić information content (AvgIpc) is 2.83. The van der Waals surface area contributed by atoms with Crippen LogP contribution >= 0.6 is 0 Å². The Hall–Kier alpha value is -1.43. The van der Waals surface area contributed by atoms with E-state index in [4.69, 9.17) is 0 Å². The van der Waals surface area contributed by atoms with E-state index in [9.17, 15) is 8.42 Å². The van der Waals surface area contributed by atoms with E-state index in [1.165, 1.54) is 46.8 Å². The lowest BCUT2D eigenvalue weighted by molar-refractivity contribution is -0.937. The number of nitrogens with one attached hydrogen (secondary N) is 2. The molecule has 1 fully saturated rings. The van der Waals surface area contributed by atoms with Gasteiger partial charge in [0.15, 0.2) is 0 Å². The van der Waals surface area contributed by atoms with Crippen LogP contribution in [0.2, 0.25) is 0 Å². The molecule has 0 unspecified atom stereocenters. The third-order valence-electron chi connectivity index (χ3n) is 5.25. The van der Waals surface area contributed by atoms with Crippen molar-refractivity contribution in [1.82, 2.24) is 4.72 Å². The summed E-state index contributed by atoms with van der Waals surface area (Å²) in [7, 11) is -3.26.